The predicted octanol–water partition coefficient (Wildman–Crippen LogP) is 0.994. The number of amides is 1. The lowest BCUT2D eigenvalue weighted by atomic mass is 10.2. The van der Waals surface area contributed by atoms with Gasteiger partial charge in [0.15, 0.2) is 6.39 Å². The number of hydrogen-bond donors (Lipinski definition) is 3. The van der Waals surface area contributed by atoms with E-state index in [4.69, 9.17) is 9.15 Å². The van der Waals surface area contributed by atoms with Gasteiger partial charge in [-0.05, 0) is 41.8 Å². The van der Waals surface area contributed by atoms with Gasteiger partial charge in [-0.1, -0.05) is 6.58 Å². The molecule has 0 unspecified atom stereocenters. The van der Waals surface area contributed by atoms with E-state index in [0.717, 1.165) is 35.8 Å². The number of aromatic nitrogens is 3. The van der Waals surface area contributed by atoms with Crippen LogP contribution in [0.25, 0.3) is 12.8 Å². The largest absolute Gasteiger partial charge is 0.485 e. The van der Waals surface area contributed by atoms with E-state index in [1.165, 1.54) is 31.7 Å². The number of oxazole rings is 1. The second-order valence-corrected chi connectivity index (χ2v) is 8.84. The number of benzene rings is 1. The fourth-order valence-electron chi connectivity index (χ4n) is 4.08. The third-order valence-corrected chi connectivity index (χ3v) is 6.08. The molecule has 2 aromatic heterocycles. The summed E-state index contributed by atoms with van der Waals surface area (Å²) in [7, 11) is 1.80. The van der Waals surface area contributed by atoms with Gasteiger partial charge in [0.1, 0.15) is 35.8 Å². The van der Waals surface area contributed by atoms with Gasteiger partial charge >= 0.3 is 0 Å². The van der Waals surface area contributed by atoms with Crippen molar-refractivity contribution in [3.8, 4) is 5.75 Å². The highest BCUT2D eigenvalue weighted by atomic mass is 16.5. The van der Waals surface area contributed by atoms with Crippen LogP contribution in [0.1, 0.15) is 35.4 Å². The van der Waals surface area contributed by atoms with Crippen molar-refractivity contribution in [2.75, 3.05) is 30.4 Å². The number of rotatable bonds is 9. The summed E-state index contributed by atoms with van der Waals surface area (Å²) in [6, 6.07) is 4.74. The van der Waals surface area contributed by atoms with Crippen molar-refractivity contribution in [1.82, 2.24) is 25.6 Å². The van der Waals surface area contributed by atoms with E-state index in [9.17, 15) is 4.79 Å². The molecule has 10 heteroatoms. The molecule has 1 aromatic carbocycles. The van der Waals surface area contributed by atoms with Crippen molar-refractivity contribution in [1.29, 1.82) is 0 Å². The molecule has 5 rings (SSSR count). The Hall–Kier alpha value is -3.92. The normalized spacial score (nSPS) is 18.0. The first-order valence-corrected chi connectivity index (χ1v) is 11.7. The SMILES string of the molecule is C=c1cc(OCc2cocn2)c(NC(=O)c2cnc(N3CC[C@@H](NC4CC4)C3)cn2)c/c1=C/NC. The summed E-state index contributed by atoms with van der Waals surface area (Å²) in [6.45, 7) is 6.09. The van der Waals surface area contributed by atoms with Gasteiger partial charge in [-0.15, -0.1) is 0 Å². The Kier molecular flexibility index (Phi) is 6.62. The van der Waals surface area contributed by atoms with Gasteiger partial charge in [-0.3, -0.25) is 4.79 Å². The first kappa shape index (κ1) is 22.9. The van der Waals surface area contributed by atoms with Crippen LogP contribution in [-0.2, 0) is 6.61 Å². The zero-order chi connectivity index (χ0) is 24.2. The molecule has 1 saturated carbocycles. The molecular weight excluding hydrogens is 446 g/mol. The fraction of sp³-hybridized carbons (Fsp3) is 0.360. The molecule has 182 valence electrons. The number of ether oxygens (including phenoxy) is 1. The van der Waals surface area contributed by atoms with Gasteiger partial charge < -0.3 is 30.0 Å². The lowest BCUT2D eigenvalue weighted by molar-refractivity contribution is 0.102. The monoisotopic (exact) mass is 475 g/mol. The van der Waals surface area contributed by atoms with Gasteiger partial charge in [0.05, 0.1) is 18.1 Å². The van der Waals surface area contributed by atoms with Crippen LogP contribution < -0.4 is 36.0 Å². The Morgan fingerprint density at radius 1 is 1.23 bits per heavy atom. The maximum Gasteiger partial charge on any atom is 0.275 e. The van der Waals surface area contributed by atoms with E-state index in [1.54, 1.807) is 31.6 Å². The van der Waals surface area contributed by atoms with Crippen molar-refractivity contribution in [3.05, 3.63) is 59.0 Å². The van der Waals surface area contributed by atoms with Crippen LogP contribution in [-0.4, -0.2) is 53.1 Å². The summed E-state index contributed by atoms with van der Waals surface area (Å²) in [5.41, 5.74) is 1.35. The van der Waals surface area contributed by atoms with E-state index in [-0.39, 0.29) is 18.2 Å². The Morgan fingerprint density at radius 2 is 2.11 bits per heavy atom. The Bertz CT molecular complexity index is 1270. The van der Waals surface area contributed by atoms with Crippen molar-refractivity contribution in [2.45, 2.75) is 38.0 Å². The minimum absolute atomic E-state index is 0.189. The molecule has 3 aromatic rings. The molecule has 10 nitrogen and oxygen atoms in total. The predicted molar refractivity (Wildman–Crippen MR) is 132 cm³/mol. The number of carbonyl (C=O) groups excluding carboxylic acids is 1. The number of nitrogens with zero attached hydrogens (tertiary/aromatic N) is 4. The number of anilines is 2. The maximum atomic E-state index is 13.0. The Balaban J connectivity index is 1.29. The topological polar surface area (TPSA) is 117 Å². The van der Waals surface area contributed by atoms with Crippen LogP contribution in [0.5, 0.6) is 5.75 Å². The standard InChI is InChI=1S/C25H29N7O3/c1-16-7-23(35-14-20-13-34-15-29-20)21(8-17(16)9-26-2)31-25(33)22-10-28-24(11-27-22)32-6-5-19(12-32)30-18-3-4-18/h7-11,13,15,18-19,26,30H,1,3-6,12,14H2,2H3,(H,31,33)/b17-9-/t19-/m1/s1. The molecule has 1 aliphatic carbocycles. The number of nitrogens with one attached hydrogen (secondary N) is 3. The van der Waals surface area contributed by atoms with Gasteiger partial charge in [0, 0.05) is 38.4 Å². The molecule has 1 atom stereocenters. The van der Waals surface area contributed by atoms with Gasteiger partial charge in [-0.2, -0.15) is 0 Å². The van der Waals surface area contributed by atoms with E-state index in [1.807, 2.05) is 0 Å². The van der Waals surface area contributed by atoms with Crippen molar-refractivity contribution in [2.24, 2.45) is 0 Å². The summed E-state index contributed by atoms with van der Waals surface area (Å²) in [5, 5.41) is 11.1. The summed E-state index contributed by atoms with van der Waals surface area (Å²) in [5.74, 6) is 0.873. The molecule has 3 N–H and O–H groups in total. The minimum Gasteiger partial charge on any atom is -0.485 e. The lowest BCUT2D eigenvalue weighted by Gasteiger charge is -2.17. The average molecular weight is 476 g/mol. The van der Waals surface area contributed by atoms with E-state index in [0.29, 0.717) is 29.2 Å². The Morgan fingerprint density at radius 3 is 2.83 bits per heavy atom. The maximum absolute atomic E-state index is 13.0. The summed E-state index contributed by atoms with van der Waals surface area (Å²) < 4.78 is 10.9. The second-order valence-electron chi connectivity index (χ2n) is 8.84. The first-order chi connectivity index (χ1) is 17.1. The second kappa shape index (κ2) is 10.1. The van der Waals surface area contributed by atoms with Crippen LogP contribution >= 0.6 is 0 Å². The molecule has 1 aliphatic heterocycles. The summed E-state index contributed by atoms with van der Waals surface area (Å²) in [6.07, 6.45) is 11.5. The van der Waals surface area contributed by atoms with Crippen LogP contribution in [0.2, 0.25) is 0 Å². The van der Waals surface area contributed by atoms with Gasteiger partial charge in [0.25, 0.3) is 5.91 Å². The molecular formula is C25H29N7O3. The van der Waals surface area contributed by atoms with Crippen molar-refractivity contribution in [3.63, 3.8) is 0 Å². The van der Waals surface area contributed by atoms with E-state index < -0.39 is 0 Å². The molecule has 2 aliphatic rings. The minimum atomic E-state index is -0.378. The lowest BCUT2D eigenvalue weighted by Crippen LogP contribution is -2.34. The van der Waals surface area contributed by atoms with Crippen molar-refractivity contribution < 1.29 is 13.9 Å². The van der Waals surface area contributed by atoms with Gasteiger partial charge in [-0.25, -0.2) is 15.0 Å². The third-order valence-electron chi connectivity index (χ3n) is 6.08. The number of carbonyl (C=O) groups is 1. The quantitative estimate of drug-likeness (QED) is 0.417. The molecule has 3 heterocycles. The zero-order valence-corrected chi connectivity index (χ0v) is 19.7. The van der Waals surface area contributed by atoms with Crippen LogP contribution in [0.15, 0.2) is 41.6 Å². The highest BCUT2D eigenvalue weighted by Crippen LogP contribution is 2.24. The Labute approximate surface area is 203 Å². The van der Waals surface area contributed by atoms with E-state index >= 15 is 0 Å². The molecule has 1 saturated heterocycles. The zero-order valence-electron chi connectivity index (χ0n) is 19.7. The van der Waals surface area contributed by atoms with Crippen LogP contribution in [0.4, 0.5) is 11.5 Å². The number of hydrogen-bond acceptors (Lipinski definition) is 9. The average Bonchev–Trinajstić information content (AvgIpc) is 3.30. The molecule has 0 radical (unpaired) electrons. The third kappa shape index (κ3) is 5.60. The molecule has 35 heavy (non-hydrogen) atoms. The molecule has 0 spiro atoms. The van der Waals surface area contributed by atoms with Crippen molar-refractivity contribution >= 4 is 30.2 Å². The van der Waals surface area contributed by atoms with Crippen LogP contribution in [0, 0.1) is 0 Å². The van der Waals surface area contributed by atoms with Gasteiger partial charge in [0.2, 0.25) is 0 Å². The van der Waals surface area contributed by atoms with Crippen LogP contribution in [0.3, 0.4) is 0 Å². The highest BCUT2D eigenvalue weighted by molar-refractivity contribution is 6.03. The molecule has 2 fully saturated rings. The van der Waals surface area contributed by atoms with E-state index in [2.05, 4.69) is 42.4 Å². The smallest absolute Gasteiger partial charge is 0.275 e. The molecule has 0 bridgehead atoms. The summed E-state index contributed by atoms with van der Waals surface area (Å²) in [4.78, 5) is 28.2. The first-order valence-electron chi connectivity index (χ1n) is 11.7. The molecule has 1 amide bonds. The highest BCUT2D eigenvalue weighted by Gasteiger charge is 2.29. The summed E-state index contributed by atoms with van der Waals surface area (Å²) >= 11 is 0. The fourth-order valence-corrected chi connectivity index (χ4v) is 4.08.